The maximum Gasteiger partial charge on any atom is 0 e. The van der Waals surface area contributed by atoms with Gasteiger partial charge < -0.3 is 0 Å². The summed E-state index contributed by atoms with van der Waals surface area (Å²) in [5.41, 5.74) is -5.59. The molecule has 0 aromatic rings. The summed E-state index contributed by atoms with van der Waals surface area (Å²) in [5, 5.41) is 0. The summed E-state index contributed by atoms with van der Waals surface area (Å²) in [4.78, 5) is 0. The van der Waals surface area contributed by atoms with Crippen LogP contribution in [0.15, 0.2) is 0 Å². The Labute approximate surface area is 128 Å². The van der Waals surface area contributed by atoms with E-state index in [9.17, 15) is 21.6 Å². The van der Waals surface area contributed by atoms with Crippen molar-refractivity contribution in [2.75, 3.05) is 0 Å². The van der Waals surface area contributed by atoms with Crippen LogP contribution in [0, 0.1) is 0 Å². The van der Waals surface area contributed by atoms with Crippen molar-refractivity contribution < 1.29 is 42.0 Å². The summed E-state index contributed by atoms with van der Waals surface area (Å²) in [6.07, 6.45) is 0. The van der Waals surface area contributed by atoms with Gasteiger partial charge in [0.2, 0.25) is 0 Å². The first kappa shape index (κ1) is 22.1. The van der Waals surface area contributed by atoms with Crippen molar-refractivity contribution in [2.45, 2.75) is 64.0 Å². The molecule has 0 spiro atoms. The van der Waals surface area contributed by atoms with Crippen LogP contribution in [0.2, 0.25) is 0 Å². The number of hydrogen-bond acceptors (Lipinski definition) is 2. The van der Waals surface area contributed by atoms with E-state index in [0.717, 1.165) is 0 Å². The first-order valence-corrected chi connectivity index (χ1v) is 9.60. The molecule has 0 aliphatic heterocycles. The summed E-state index contributed by atoms with van der Waals surface area (Å²) in [7, 11) is -8.11. The predicted molar refractivity (Wildman–Crippen MR) is 71.8 cm³/mol. The Morgan fingerprint density at radius 2 is 1.16 bits per heavy atom. The van der Waals surface area contributed by atoms with Gasteiger partial charge in [-0.05, 0) is 0 Å². The molecule has 0 bridgehead atoms. The van der Waals surface area contributed by atoms with Gasteiger partial charge in [0.15, 0.2) is 0 Å². The molecule has 0 rings (SSSR count). The molecule has 0 unspecified atom stereocenters. The van der Waals surface area contributed by atoms with E-state index in [0.29, 0.717) is 0 Å². The van der Waals surface area contributed by atoms with Crippen LogP contribution in [0.3, 0.4) is 0 Å². The number of rotatable bonds is 5. The predicted octanol–water partition coefficient (Wildman–Crippen LogP) is 3.31. The van der Waals surface area contributed by atoms with E-state index in [1.165, 1.54) is 0 Å². The van der Waals surface area contributed by atoms with Crippen molar-refractivity contribution in [3.63, 3.8) is 0 Å². The molecule has 0 aromatic carbocycles. The van der Waals surface area contributed by atoms with Gasteiger partial charge in [-0.15, -0.1) is 0 Å². The molecule has 0 saturated carbocycles. The number of sulfonamides is 1. The van der Waals surface area contributed by atoms with Crippen molar-refractivity contribution in [1.82, 2.24) is 4.49 Å². The molecule has 0 aliphatic carbocycles. The van der Waals surface area contributed by atoms with Gasteiger partial charge >= 0.3 is 108 Å². The van der Waals surface area contributed by atoms with Gasteiger partial charge in [-0.3, -0.25) is 0 Å². The molecule has 19 heavy (non-hydrogen) atoms. The standard InChI is InChI=1S/C10H23F3NO2PS.Pd/c1-7(2)17(8(3)4,9(5)6)14-18(15,16)10(11,12)13;/h7-9,14,17H,1-6H3;. The fraction of sp³-hybridized carbons (Fsp3) is 1.00. The molecule has 0 saturated heterocycles. The second-order valence-corrected chi connectivity index (χ2v) is 13.1. The van der Waals surface area contributed by atoms with Crippen LogP contribution in [0.5, 0.6) is 0 Å². The number of alkyl halides is 3. The van der Waals surface area contributed by atoms with Crippen molar-refractivity contribution in [2.24, 2.45) is 0 Å². The van der Waals surface area contributed by atoms with Gasteiger partial charge in [0.25, 0.3) is 0 Å². The van der Waals surface area contributed by atoms with Crippen molar-refractivity contribution in [3.05, 3.63) is 0 Å². The van der Waals surface area contributed by atoms with E-state index in [1.54, 1.807) is 41.5 Å². The molecule has 9 heteroatoms. The maximum atomic E-state index is 12.5. The van der Waals surface area contributed by atoms with Gasteiger partial charge in [0.05, 0.1) is 0 Å². The quantitative estimate of drug-likeness (QED) is 0.553. The second kappa shape index (κ2) is 7.18. The van der Waals surface area contributed by atoms with Gasteiger partial charge in [-0.1, -0.05) is 0 Å². The minimum Gasteiger partial charge on any atom is 0 e. The van der Waals surface area contributed by atoms with Crippen LogP contribution in [-0.4, -0.2) is 30.9 Å². The minimum atomic E-state index is -5.28. The molecule has 0 aliphatic rings. The normalized spacial score (nSPS) is 14.9. The molecular weight excluding hydrogens is 393 g/mol. The van der Waals surface area contributed by atoms with Crippen molar-refractivity contribution >= 4 is 17.4 Å². The summed E-state index contributed by atoms with van der Waals surface area (Å²) >= 11 is 0. The molecular formula is C10H23F3NO2PPdS. The van der Waals surface area contributed by atoms with E-state index in [2.05, 4.69) is 0 Å². The maximum absolute atomic E-state index is 12.5. The summed E-state index contributed by atoms with van der Waals surface area (Å²) in [6, 6.07) is 0. The fourth-order valence-electron chi connectivity index (χ4n) is 2.64. The zero-order valence-corrected chi connectivity index (χ0v) is 15.3. The summed E-state index contributed by atoms with van der Waals surface area (Å²) in [5.74, 6) is 0. The van der Waals surface area contributed by atoms with Crippen LogP contribution in [0.1, 0.15) is 41.5 Å². The van der Waals surface area contributed by atoms with Gasteiger partial charge in [0, 0.05) is 20.4 Å². The number of halogens is 3. The Bertz CT molecular complexity index is 361. The van der Waals surface area contributed by atoms with Crippen molar-refractivity contribution in [1.29, 1.82) is 0 Å². The molecule has 122 valence electrons. The third kappa shape index (κ3) is 4.64. The van der Waals surface area contributed by atoms with Crippen LogP contribution >= 0.6 is 7.41 Å². The molecule has 0 amide bonds. The van der Waals surface area contributed by atoms with Gasteiger partial charge in [0.1, 0.15) is 0 Å². The summed E-state index contributed by atoms with van der Waals surface area (Å²) in [6.45, 7) is 10.7. The monoisotopic (exact) mass is 415 g/mol. The van der Waals surface area contributed by atoms with E-state index < -0.39 is 22.9 Å². The van der Waals surface area contributed by atoms with Crippen molar-refractivity contribution in [3.8, 4) is 0 Å². The first-order chi connectivity index (χ1) is 7.79. The Morgan fingerprint density at radius 1 is 0.895 bits per heavy atom. The number of nitrogens with one attached hydrogen (secondary N) is 1. The molecule has 1 N–H and O–H groups in total. The Balaban J connectivity index is 0. The molecule has 0 radical (unpaired) electrons. The fourth-order valence-corrected chi connectivity index (χ4v) is 11.8. The Hall–Kier alpha value is 0.792. The van der Waals surface area contributed by atoms with E-state index in [4.69, 9.17) is 0 Å². The molecule has 3 nitrogen and oxygen atoms in total. The largest absolute Gasteiger partial charge is 0 e. The zero-order valence-electron chi connectivity index (χ0n) is 11.9. The van der Waals surface area contributed by atoms with E-state index in [1.807, 2.05) is 4.49 Å². The van der Waals surface area contributed by atoms with Crippen LogP contribution in [-0.2, 0) is 30.4 Å². The Morgan fingerprint density at radius 3 is 1.32 bits per heavy atom. The summed E-state index contributed by atoms with van der Waals surface area (Å²) < 4.78 is 62.4. The molecule has 0 fully saturated rings. The van der Waals surface area contributed by atoms with Gasteiger partial charge in [-0.2, -0.15) is 0 Å². The molecule has 0 heterocycles. The van der Waals surface area contributed by atoms with Crippen LogP contribution in [0.25, 0.3) is 0 Å². The minimum absolute atomic E-state index is 0. The third-order valence-electron chi connectivity index (χ3n) is 3.48. The second-order valence-electron chi connectivity index (χ2n) is 5.45. The smallest absolute Gasteiger partial charge is 0 e. The number of hydrogen-bond donors (Lipinski definition) is 1. The molecule has 0 aromatic heterocycles. The topological polar surface area (TPSA) is 46.2 Å². The Kier molecular flexibility index (Phi) is 8.34. The average Bonchev–Trinajstić information content (AvgIpc) is 2.10. The van der Waals surface area contributed by atoms with Gasteiger partial charge in [-0.25, -0.2) is 0 Å². The molecule has 0 atom stereocenters. The van der Waals surface area contributed by atoms with E-state index >= 15 is 0 Å². The van der Waals surface area contributed by atoms with Crippen LogP contribution < -0.4 is 4.49 Å². The average molecular weight is 416 g/mol. The SMILES string of the molecule is CC(C)[PH](NS(=O)(=O)C(F)(F)F)(C(C)C)C(C)C.[Pd]. The van der Waals surface area contributed by atoms with Crippen LogP contribution in [0.4, 0.5) is 13.2 Å². The first-order valence-electron chi connectivity index (χ1n) is 5.89. The zero-order chi connectivity index (χ0) is 14.9. The van der Waals surface area contributed by atoms with E-state index in [-0.39, 0.29) is 37.4 Å². The third-order valence-corrected chi connectivity index (χ3v) is 12.3.